The maximum absolute atomic E-state index is 12.5. The summed E-state index contributed by atoms with van der Waals surface area (Å²) in [6, 6.07) is 12.8. The van der Waals surface area contributed by atoms with E-state index in [0.29, 0.717) is 11.1 Å². The highest BCUT2D eigenvalue weighted by atomic mass is 16.2. The third kappa shape index (κ3) is 3.20. The molecule has 2 aliphatic rings. The van der Waals surface area contributed by atoms with Gasteiger partial charge >= 0.3 is 0 Å². The number of rotatable bonds is 4. The molecule has 25 heavy (non-hydrogen) atoms. The molecule has 0 radical (unpaired) electrons. The van der Waals surface area contributed by atoms with Crippen LogP contribution >= 0.6 is 0 Å². The third-order valence-electron chi connectivity index (χ3n) is 4.90. The maximum atomic E-state index is 12.5. The summed E-state index contributed by atoms with van der Waals surface area (Å²) in [5.74, 6) is -0.465. The summed E-state index contributed by atoms with van der Waals surface area (Å²) in [4.78, 5) is 33.3. The Bertz CT molecular complexity index is 777. The maximum Gasteiger partial charge on any atom is 0.261 e. The van der Waals surface area contributed by atoms with E-state index >= 15 is 0 Å². The molecule has 5 heteroatoms. The van der Waals surface area contributed by atoms with Crippen LogP contribution in [0.1, 0.15) is 51.4 Å². The first-order valence-electron chi connectivity index (χ1n) is 8.85. The van der Waals surface area contributed by atoms with E-state index in [1.54, 1.807) is 24.3 Å². The Balaban J connectivity index is 1.49. The van der Waals surface area contributed by atoms with E-state index in [9.17, 15) is 9.59 Å². The number of amides is 2. The van der Waals surface area contributed by atoms with Crippen LogP contribution in [-0.2, 0) is 13.1 Å². The van der Waals surface area contributed by atoms with Gasteiger partial charge in [-0.3, -0.25) is 24.4 Å². The summed E-state index contributed by atoms with van der Waals surface area (Å²) in [6.07, 6.45) is 3.80. The zero-order valence-electron chi connectivity index (χ0n) is 14.1. The van der Waals surface area contributed by atoms with Gasteiger partial charge in [-0.2, -0.15) is 0 Å². The molecule has 1 fully saturated rings. The Kier molecular flexibility index (Phi) is 4.32. The number of benzene rings is 1. The van der Waals surface area contributed by atoms with Gasteiger partial charge in [0.1, 0.15) is 0 Å². The number of pyridine rings is 1. The number of hydrogen-bond acceptors (Lipinski definition) is 4. The second-order valence-electron chi connectivity index (χ2n) is 6.70. The van der Waals surface area contributed by atoms with Gasteiger partial charge < -0.3 is 0 Å². The fraction of sp³-hybridized carbons (Fsp3) is 0.350. The van der Waals surface area contributed by atoms with Gasteiger partial charge in [0, 0.05) is 6.54 Å². The van der Waals surface area contributed by atoms with Gasteiger partial charge in [0.25, 0.3) is 11.8 Å². The van der Waals surface area contributed by atoms with Crippen LogP contribution in [-0.4, -0.2) is 39.7 Å². The van der Waals surface area contributed by atoms with Gasteiger partial charge in [0.05, 0.1) is 29.1 Å². The van der Waals surface area contributed by atoms with E-state index < -0.39 is 0 Å². The molecule has 0 unspecified atom stereocenters. The molecule has 3 heterocycles. The number of imide groups is 1. The third-order valence-corrected chi connectivity index (χ3v) is 4.90. The Morgan fingerprint density at radius 3 is 2.00 bits per heavy atom. The molecule has 0 saturated carbocycles. The molecule has 1 aromatic carbocycles. The molecule has 0 spiro atoms. The summed E-state index contributed by atoms with van der Waals surface area (Å²) < 4.78 is 0. The number of aromatic nitrogens is 1. The normalized spacial score (nSPS) is 17.8. The van der Waals surface area contributed by atoms with E-state index in [4.69, 9.17) is 0 Å². The highest BCUT2D eigenvalue weighted by molar-refractivity contribution is 6.21. The average Bonchev–Trinajstić information content (AvgIpc) is 2.88. The van der Waals surface area contributed by atoms with E-state index in [0.717, 1.165) is 31.0 Å². The Labute approximate surface area is 147 Å². The van der Waals surface area contributed by atoms with E-state index in [1.165, 1.54) is 24.2 Å². The van der Waals surface area contributed by atoms with Gasteiger partial charge in [-0.15, -0.1) is 0 Å². The van der Waals surface area contributed by atoms with Gasteiger partial charge in [-0.1, -0.05) is 24.6 Å². The standard InChI is InChI=1S/C20H21N3O2/c24-19-17-9-2-3-10-18(17)20(25)23(19)14-16-8-6-7-15(21-16)13-22-11-4-1-5-12-22/h2-3,6-10H,1,4-5,11-14H2. The minimum atomic E-state index is -0.233. The van der Waals surface area contributed by atoms with Crippen molar-refractivity contribution < 1.29 is 9.59 Å². The second-order valence-corrected chi connectivity index (χ2v) is 6.70. The van der Waals surface area contributed by atoms with Crippen molar-refractivity contribution >= 4 is 11.8 Å². The molecule has 5 nitrogen and oxygen atoms in total. The van der Waals surface area contributed by atoms with Gasteiger partial charge in [0.15, 0.2) is 0 Å². The molecule has 2 amide bonds. The molecule has 1 saturated heterocycles. The van der Waals surface area contributed by atoms with Crippen LogP contribution in [0, 0.1) is 0 Å². The highest BCUT2D eigenvalue weighted by Crippen LogP contribution is 2.24. The summed E-state index contributed by atoms with van der Waals surface area (Å²) >= 11 is 0. The lowest BCUT2D eigenvalue weighted by atomic mass is 10.1. The number of likely N-dealkylation sites (tertiary alicyclic amines) is 1. The fourth-order valence-corrected chi connectivity index (χ4v) is 3.60. The van der Waals surface area contributed by atoms with Crippen molar-refractivity contribution in [2.75, 3.05) is 13.1 Å². The predicted molar refractivity (Wildman–Crippen MR) is 94.0 cm³/mol. The molecule has 2 aliphatic heterocycles. The quantitative estimate of drug-likeness (QED) is 0.806. The first-order chi connectivity index (χ1) is 12.2. The van der Waals surface area contributed by atoms with Crippen LogP contribution in [0.4, 0.5) is 0 Å². The smallest absolute Gasteiger partial charge is 0.261 e. The molecule has 4 rings (SSSR count). The highest BCUT2D eigenvalue weighted by Gasteiger charge is 2.35. The number of fused-ring (bicyclic) bond motifs is 1. The van der Waals surface area contributed by atoms with Crippen LogP contribution in [0.3, 0.4) is 0 Å². The van der Waals surface area contributed by atoms with Crippen LogP contribution < -0.4 is 0 Å². The number of hydrogen-bond donors (Lipinski definition) is 0. The minimum Gasteiger partial charge on any atom is -0.298 e. The second kappa shape index (κ2) is 6.76. The average molecular weight is 335 g/mol. The molecular formula is C20H21N3O2. The number of carbonyl (C=O) groups is 2. The minimum absolute atomic E-state index is 0.222. The molecule has 0 bridgehead atoms. The molecule has 128 valence electrons. The van der Waals surface area contributed by atoms with Crippen molar-refractivity contribution in [1.29, 1.82) is 0 Å². The Morgan fingerprint density at radius 2 is 1.36 bits per heavy atom. The lowest BCUT2D eigenvalue weighted by molar-refractivity contribution is 0.0640. The Hall–Kier alpha value is -2.53. The topological polar surface area (TPSA) is 53.5 Å². The van der Waals surface area contributed by atoms with E-state index in [-0.39, 0.29) is 18.4 Å². The van der Waals surface area contributed by atoms with Gasteiger partial charge in [-0.05, 0) is 50.2 Å². The fourth-order valence-electron chi connectivity index (χ4n) is 3.60. The lowest BCUT2D eigenvalue weighted by Gasteiger charge is -2.26. The predicted octanol–water partition coefficient (Wildman–Crippen LogP) is 2.86. The molecule has 0 atom stereocenters. The SMILES string of the molecule is O=C1c2ccccc2C(=O)N1Cc1cccc(CN2CCCCC2)n1. The van der Waals surface area contributed by atoms with Gasteiger partial charge in [-0.25, -0.2) is 0 Å². The molecule has 0 N–H and O–H groups in total. The van der Waals surface area contributed by atoms with Crippen LogP contribution in [0.25, 0.3) is 0 Å². The monoisotopic (exact) mass is 335 g/mol. The Morgan fingerprint density at radius 1 is 0.760 bits per heavy atom. The largest absolute Gasteiger partial charge is 0.298 e. The van der Waals surface area contributed by atoms with Crippen LogP contribution in [0.5, 0.6) is 0 Å². The number of piperidine rings is 1. The summed E-state index contributed by atoms with van der Waals surface area (Å²) in [5, 5.41) is 0. The summed E-state index contributed by atoms with van der Waals surface area (Å²) in [6.45, 7) is 3.28. The number of carbonyl (C=O) groups excluding carboxylic acids is 2. The molecule has 2 aromatic rings. The van der Waals surface area contributed by atoms with Crippen molar-refractivity contribution in [3.63, 3.8) is 0 Å². The first-order valence-corrected chi connectivity index (χ1v) is 8.85. The molecule has 1 aromatic heterocycles. The summed E-state index contributed by atoms with van der Waals surface area (Å²) in [5.41, 5.74) is 2.72. The van der Waals surface area contributed by atoms with Crippen molar-refractivity contribution in [2.24, 2.45) is 0 Å². The zero-order chi connectivity index (χ0) is 17.2. The van der Waals surface area contributed by atoms with Crippen molar-refractivity contribution in [1.82, 2.24) is 14.8 Å². The molecule has 0 aliphatic carbocycles. The van der Waals surface area contributed by atoms with E-state index in [2.05, 4.69) is 9.88 Å². The van der Waals surface area contributed by atoms with Crippen molar-refractivity contribution in [2.45, 2.75) is 32.4 Å². The summed E-state index contributed by atoms with van der Waals surface area (Å²) in [7, 11) is 0. The first kappa shape index (κ1) is 16.0. The lowest BCUT2D eigenvalue weighted by Crippen LogP contribution is -2.31. The van der Waals surface area contributed by atoms with E-state index in [1.807, 2.05) is 18.2 Å². The van der Waals surface area contributed by atoms with Crippen LogP contribution in [0.2, 0.25) is 0 Å². The van der Waals surface area contributed by atoms with Crippen molar-refractivity contribution in [3.05, 3.63) is 65.0 Å². The van der Waals surface area contributed by atoms with Gasteiger partial charge in [0.2, 0.25) is 0 Å². The van der Waals surface area contributed by atoms with Crippen molar-refractivity contribution in [3.8, 4) is 0 Å². The number of nitrogens with zero attached hydrogens (tertiary/aromatic N) is 3. The van der Waals surface area contributed by atoms with Crippen LogP contribution in [0.15, 0.2) is 42.5 Å². The zero-order valence-corrected chi connectivity index (χ0v) is 14.1. The molecular weight excluding hydrogens is 314 g/mol.